The number of likely N-dealkylation sites (tertiary alicyclic amines) is 1. The van der Waals surface area contributed by atoms with Crippen molar-refractivity contribution in [1.82, 2.24) is 10.2 Å². The summed E-state index contributed by atoms with van der Waals surface area (Å²) >= 11 is 5.99. The highest BCUT2D eigenvalue weighted by molar-refractivity contribution is 6.31. The molecule has 1 amide bonds. The number of ether oxygens (including phenoxy) is 1. The molecule has 1 aliphatic rings. The Balaban J connectivity index is 1.45. The highest BCUT2D eigenvalue weighted by Crippen LogP contribution is 2.21. The van der Waals surface area contributed by atoms with Gasteiger partial charge >= 0.3 is 0 Å². The molecule has 0 atom stereocenters. The molecule has 0 aromatic heterocycles. The van der Waals surface area contributed by atoms with E-state index in [2.05, 4.69) is 28.4 Å². The molecule has 3 rings (SSSR count). The Morgan fingerprint density at radius 1 is 1.15 bits per heavy atom. The van der Waals surface area contributed by atoms with Crippen molar-refractivity contribution >= 4 is 17.5 Å². The topological polar surface area (TPSA) is 41.6 Å². The van der Waals surface area contributed by atoms with Crippen molar-refractivity contribution in [2.75, 3.05) is 19.7 Å². The van der Waals surface area contributed by atoms with Gasteiger partial charge in [-0.2, -0.15) is 0 Å². The highest BCUT2D eigenvalue weighted by atomic mass is 35.5. The Morgan fingerprint density at radius 3 is 2.69 bits per heavy atom. The van der Waals surface area contributed by atoms with Crippen molar-refractivity contribution in [3.63, 3.8) is 0 Å². The molecule has 0 aliphatic carbocycles. The van der Waals surface area contributed by atoms with E-state index >= 15 is 0 Å². The lowest BCUT2D eigenvalue weighted by atomic mass is 10.1. The van der Waals surface area contributed by atoms with Gasteiger partial charge in [-0.15, -0.1) is 0 Å². The smallest absolute Gasteiger partial charge is 0.258 e. The van der Waals surface area contributed by atoms with Crippen LogP contribution in [0.15, 0.2) is 42.5 Å². The summed E-state index contributed by atoms with van der Waals surface area (Å²) in [5.41, 5.74) is 3.34. The molecule has 0 bridgehead atoms. The van der Waals surface area contributed by atoms with Crippen LogP contribution in [0.2, 0.25) is 5.02 Å². The van der Waals surface area contributed by atoms with E-state index in [1.165, 1.54) is 31.5 Å². The Hall–Kier alpha value is -2.04. The number of nitrogens with zero attached hydrogens (tertiary/aromatic N) is 1. The van der Waals surface area contributed by atoms with Crippen molar-refractivity contribution in [3.8, 4) is 5.75 Å². The molecule has 0 radical (unpaired) electrons. The van der Waals surface area contributed by atoms with Crippen LogP contribution in [0, 0.1) is 6.92 Å². The molecule has 2 aromatic carbocycles. The third-order valence-electron chi connectivity index (χ3n) is 4.59. The van der Waals surface area contributed by atoms with Gasteiger partial charge in [0.25, 0.3) is 5.91 Å². The van der Waals surface area contributed by atoms with Gasteiger partial charge in [0.15, 0.2) is 6.61 Å². The highest BCUT2D eigenvalue weighted by Gasteiger charge is 2.12. The molecule has 1 saturated heterocycles. The van der Waals surface area contributed by atoms with Crippen molar-refractivity contribution in [3.05, 3.63) is 64.2 Å². The van der Waals surface area contributed by atoms with Gasteiger partial charge in [-0.25, -0.2) is 0 Å². The Bertz CT molecular complexity index is 757. The van der Waals surface area contributed by atoms with E-state index in [0.717, 1.165) is 17.7 Å². The molecule has 5 heteroatoms. The number of rotatable bonds is 7. The van der Waals surface area contributed by atoms with Crippen molar-refractivity contribution in [1.29, 1.82) is 0 Å². The Morgan fingerprint density at radius 2 is 1.92 bits per heavy atom. The molecule has 138 valence electrons. The summed E-state index contributed by atoms with van der Waals surface area (Å²) in [5, 5.41) is 3.60. The van der Waals surface area contributed by atoms with Crippen LogP contribution in [-0.4, -0.2) is 30.5 Å². The number of hydrogen-bond acceptors (Lipinski definition) is 3. The number of amides is 1. The number of carbonyl (C=O) groups excluding carboxylic acids is 1. The first-order valence-corrected chi connectivity index (χ1v) is 9.44. The lowest BCUT2D eigenvalue weighted by molar-refractivity contribution is -0.123. The number of halogens is 1. The zero-order valence-electron chi connectivity index (χ0n) is 15.1. The van der Waals surface area contributed by atoms with Crippen molar-refractivity contribution < 1.29 is 9.53 Å². The van der Waals surface area contributed by atoms with Gasteiger partial charge in [-0.05, 0) is 67.7 Å². The molecule has 0 unspecified atom stereocenters. The standard InChI is InChI=1S/C21H25ClN2O2/c1-16-11-19(7-8-20(16)22)26-15-21(25)23-13-17-5-4-6-18(12-17)14-24-9-2-3-10-24/h4-8,11-12H,2-3,9-10,13-15H2,1H3,(H,23,25). The number of carbonyl (C=O) groups is 1. The molecule has 1 aliphatic heterocycles. The fourth-order valence-electron chi connectivity index (χ4n) is 3.14. The van der Waals surface area contributed by atoms with Gasteiger partial charge in [0, 0.05) is 18.1 Å². The first kappa shape index (κ1) is 18.7. The summed E-state index contributed by atoms with van der Waals surface area (Å²) < 4.78 is 5.53. The van der Waals surface area contributed by atoms with E-state index in [0.29, 0.717) is 17.3 Å². The van der Waals surface area contributed by atoms with E-state index in [4.69, 9.17) is 16.3 Å². The van der Waals surface area contributed by atoms with Gasteiger partial charge in [0.05, 0.1) is 0 Å². The lowest BCUT2D eigenvalue weighted by Gasteiger charge is -2.15. The first-order chi connectivity index (χ1) is 12.6. The van der Waals surface area contributed by atoms with Crippen LogP contribution in [0.5, 0.6) is 5.75 Å². The van der Waals surface area contributed by atoms with Crippen molar-refractivity contribution in [2.24, 2.45) is 0 Å². The minimum Gasteiger partial charge on any atom is -0.484 e. The predicted molar refractivity (Wildman–Crippen MR) is 104 cm³/mol. The average Bonchev–Trinajstić information content (AvgIpc) is 3.14. The molecular formula is C21H25ClN2O2. The maximum Gasteiger partial charge on any atom is 0.258 e. The van der Waals surface area contributed by atoms with Crippen LogP contribution in [-0.2, 0) is 17.9 Å². The minimum atomic E-state index is -0.137. The Labute approximate surface area is 160 Å². The number of aryl methyl sites for hydroxylation is 1. The van der Waals surface area contributed by atoms with Crippen LogP contribution in [0.25, 0.3) is 0 Å². The summed E-state index contributed by atoms with van der Waals surface area (Å²) in [7, 11) is 0. The van der Waals surface area contributed by atoms with Crippen LogP contribution in [0.1, 0.15) is 29.5 Å². The monoisotopic (exact) mass is 372 g/mol. The maximum absolute atomic E-state index is 12.0. The van der Waals surface area contributed by atoms with Crippen LogP contribution >= 0.6 is 11.6 Å². The first-order valence-electron chi connectivity index (χ1n) is 9.06. The zero-order chi connectivity index (χ0) is 18.4. The molecule has 4 nitrogen and oxygen atoms in total. The third-order valence-corrected chi connectivity index (χ3v) is 5.01. The second-order valence-electron chi connectivity index (χ2n) is 6.78. The minimum absolute atomic E-state index is 0.00542. The Kier molecular flexibility index (Phi) is 6.53. The largest absolute Gasteiger partial charge is 0.484 e. The van der Waals surface area contributed by atoms with Crippen LogP contribution < -0.4 is 10.1 Å². The van der Waals surface area contributed by atoms with Gasteiger partial charge in [0.1, 0.15) is 5.75 Å². The van der Waals surface area contributed by atoms with Crippen LogP contribution in [0.3, 0.4) is 0 Å². The molecule has 1 fully saturated rings. The maximum atomic E-state index is 12.0. The van der Waals surface area contributed by atoms with E-state index in [1.54, 1.807) is 12.1 Å². The van der Waals surface area contributed by atoms with E-state index in [9.17, 15) is 4.79 Å². The normalized spacial score (nSPS) is 14.4. The van der Waals surface area contributed by atoms with Gasteiger partial charge in [-0.3, -0.25) is 9.69 Å². The van der Waals surface area contributed by atoms with Gasteiger partial charge in [0.2, 0.25) is 0 Å². The third kappa shape index (κ3) is 5.48. The fourth-order valence-corrected chi connectivity index (χ4v) is 3.26. The predicted octanol–water partition coefficient (Wildman–Crippen LogP) is 3.94. The molecule has 26 heavy (non-hydrogen) atoms. The number of hydrogen-bond donors (Lipinski definition) is 1. The zero-order valence-corrected chi connectivity index (χ0v) is 15.9. The summed E-state index contributed by atoms with van der Waals surface area (Å²) in [6.07, 6.45) is 2.59. The molecule has 1 heterocycles. The molecule has 1 N–H and O–H groups in total. The van der Waals surface area contributed by atoms with E-state index < -0.39 is 0 Å². The lowest BCUT2D eigenvalue weighted by Crippen LogP contribution is -2.28. The van der Waals surface area contributed by atoms with Crippen LogP contribution in [0.4, 0.5) is 0 Å². The quantitative estimate of drug-likeness (QED) is 0.800. The van der Waals surface area contributed by atoms with Gasteiger partial charge in [-0.1, -0.05) is 35.9 Å². The summed E-state index contributed by atoms with van der Waals surface area (Å²) in [5.74, 6) is 0.511. The van der Waals surface area contributed by atoms with Crippen molar-refractivity contribution in [2.45, 2.75) is 32.9 Å². The number of benzene rings is 2. The second-order valence-corrected chi connectivity index (χ2v) is 7.19. The number of nitrogens with one attached hydrogen (secondary N) is 1. The van der Waals surface area contributed by atoms with E-state index in [1.807, 2.05) is 19.1 Å². The molecule has 2 aromatic rings. The van der Waals surface area contributed by atoms with Gasteiger partial charge < -0.3 is 10.1 Å². The second kappa shape index (κ2) is 9.06. The average molecular weight is 373 g/mol. The van der Waals surface area contributed by atoms with E-state index in [-0.39, 0.29) is 12.5 Å². The summed E-state index contributed by atoms with van der Waals surface area (Å²) in [6.45, 7) is 5.76. The molecule has 0 saturated carbocycles. The summed E-state index contributed by atoms with van der Waals surface area (Å²) in [4.78, 5) is 14.5. The fraction of sp³-hybridized carbons (Fsp3) is 0.381. The molecular weight excluding hydrogens is 348 g/mol. The SMILES string of the molecule is Cc1cc(OCC(=O)NCc2cccc(CN3CCCC3)c2)ccc1Cl. The summed E-state index contributed by atoms with van der Waals surface area (Å²) in [6, 6.07) is 13.8. The molecule has 0 spiro atoms.